The molecule has 0 unspecified atom stereocenters. The van der Waals surface area contributed by atoms with Crippen molar-refractivity contribution in [1.29, 1.82) is 16.2 Å². The molecule has 1 fully saturated rings. The van der Waals surface area contributed by atoms with Crippen molar-refractivity contribution in [2.75, 3.05) is 7.05 Å². The predicted molar refractivity (Wildman–Crippen MR) is 128 cm³/mol. The van der Waals surface area contributed by atoms with Crippen molar-refractivity contribution in [3.8, 4) is 0 Å². The first-order valence-corrected chi connectivity index (χ1v) is 10.5. The van der Waals surface area contributed by atoms with Gasteiger partial charge < -0.3 is 26.8 Å². The van der Waals surface area contributed by atoms with E-state index in [0.717, 1.165) is 19.1 Å². The summed E-state index contributed by atoms with van der Waals surface area (Å²) in [6.07, 6.45) is 3.98. The van der Waals surface area contributed by atoms with Crippen LogP contribution in [0.4, 0.5) is 8.78 Å². The lowest BCUT2D eigenvalue weighted by atomic mass is 9.79. The van der Waals surface area contributed by atoms with Crippen molar-refractivity contribution in [1.82, 2.24) is 10.2 Å². The molecule has 2 rings (SSSR count). The van der Waals surface area contributed by atoms with Crippen molar-refractivity contribution >= 4 is 23.3 Å². The molecule has 1 aromatic carbocycles. The van der Waals surface area contributed by atoms with E-state index in [1.165, 1.54) is 30.5 Å². The SMILES string of the molecule is CN(C(=N)/C=C\C(=N)c1ccc(/C(C=N)=C/N)cc1C(F)F)C1CC(C)(C)NC(C)(C)C1. The van der Waals surface area contributed by atoms with Crippen LogP contribution in [-0.2, 0) is 0 Å². The van der Waals surface area contributed by atoms with Crippen LogP contribution < -0.4 is 11.1 Å². The molecular weight excluding hydrogens is 410 g/mol. The second-order valence-corrected chi connectivity index (χ2v) is 9.57. The number of hydrogen-bond acceptors (Lipinski definition) is 5. The normalized spacial score (nSPS) is 18.7. The molecule has 0 spiro atoms. The average molecular weight is 445 g/mol. The largest absolute Gasteiger partial charge is 0.404 e. The number of nitrogens with one attached hydrogen (secondary N) is 4. The zero-order chi connectivity index (χ0) is 24.3. The van der Waals surface area contributed by atoms with E-state index in [2.05, 4.69) is 33.0 Å². The minimum Gasteiger partial charge on any atom is -0.404 e. The monoisotopic (exact) mass is 444 g/mol. The molecule has 1 saturated heterocycles. The van der Waals surface area contributed by atoms with Crippen LogP contribution in [0.5, 0.6) is 0 Å². The van der Waals surface area contributed by atoms with E-state index >= 15 is 0 Å². The minimum absolute atomic E-state index is 0.0708. The molecule has 1 aliphatic heterocycles. The highest BCUT2D eigenvalue weighted by atomic mass is 19.3. The van der Waals surface area contributed by atoms with Gasteiger partial charge in [-0.15, -0.1) is 0 Å². The van der Waals surface area contributed by atoms with Crippen LogP contribution in [0.1, 0.15) is 63.7 Å². The Morgan fingerprint density at radius 1 is 1.16 bits per heavy atom. The summed E-state index contributed by atoms with van der Waals surface area (Å²) in [4.78, 5) is 1.88. The van der Waals surface area contributed by atoms with Gasteiger partial charge in [0.25, 0.3) is 6.43 Å². The molecule has 0 aromatic heterocycles. The summed E-state index contributed by atoms with van der Waals surface area (Å²) >= 11 is 0. The molecule has 0 saturated carbocycles. The maximum atomic E-state index is 13.7. The van der Waals surface area contributed by atoms with Gasteiger partial charge in [0.05, 0.1) is 5.71 Å². The fourth-order valence-corrected chi connectivity index (χ4v) is 4.50. The topological polar surface area (TPSA) is 113 Å². The molecule has 0 atom stereocenters. The quantitative estimate of drug-likeness (QED) is 0.310. The lowest BCUT2D eigenvalue weighted by Crippen LogP contribution is -2.62. The van der Waals surface area contributed by atoms with Gasteiger partial charge in [-0.05, 0) is 64.3 Å². The number of benzene rings is 1. The van der Waals surface area contributed by atoms with Crippen LogP contribution >= 0.6 is 0 Å². The highest BCUT2D eigenvalue weighted by Crippen LogP contribution is 2.31. The van der Waals surface area contributed by atoms with Crippen molar-refractivity contribution < 1.29 is 8.78 Å². The summed E-state index contributed by atoms with van der Waals surface area (Å²) < 4.78 is 27.3. The fraction of sp³-hybridized carbons (Fsp3) is 0.458. The summed E-state index contributed by atoms with van der Waals surface area (Å²) in [6, 6.07) is 4.39. The van der Waals surface area contributed by atoms with Gasteiger partial charge >= 0.3 is 0 Å². The number of nitrogens with zero attached hydrogens (tertiary/aromatic N) is 1. The van der Waals surface area contributed by atoms with Crippen molar-refractivity contribution in [3.05, 3.63) is 53.2 Å². The summed E-state index contributed by atoms with van der Waals surface area (Å²) in [5, 5.41) is 27.7. The van der Waals surface area contributed by atoms with E-state index in [1.807, 2.05) is 11.9 Å². The Balaban J connectivity index is 2.22. The van der Waals surface area contributed by atoms with E-state index in [1.54, 1.807) is 6.07 Å². The zero-order valence-electron chi connectivity index (χ0n) is 19.4. The number of alkyl halides is 2. The Labute approximate surface area is 189 Å². The average Bonchev–Trinajstić information content (AvgIpc) is 2.69. The number of likely N-dealkylation sites (N-methyl/N-ethyl adjacent to an activating group) is 1. The van der Waals surface area contributed by atoms with Gasteiger partial charge in [-0.3, -0.25) is 5.41 Å². The molecule has 0 amide bonds. The maximum Gasteiger partial charge on any atom is 0.264 e. The molecule has 1 heterocycles. The molecule has 32 heavy (non-hydrogen) atoms. The molecule has 6 nitrogen and oxygen atoms in total. The Morgan fingerprint density at radius 2 is 1.75 bits per heavy atom. The van der Waals surface area contributed by atoms with Crippen LogP contribution in [0, 0.1) is 16.2 Å². The van der Waals surface area contributed by atoms with Crippen LogP contribution in [0.15, 0.2) is 36.6 Å². The fourth-order valence-electron chi connectivity index (χ4n) is 4.50. The first-order valence-electron chi connectivity index (χ1n) is 10.5. The first kappa shape index (κ1) is 25.4. The maximum absolute atomic E-state index is 13.7. The Morgan fingerprint density at radius 3 is 2.25 bits per heavy atom. The molecule has 8 heteroatoms. The van der Waals surface area contributed by atoms with E-state index < -0.39 is 6.43 Å². The summed E-state index contributed by atoms with van der Waals surface area (Å²) in [5.41, 5.74) is 5.69. The highest BCUT2D eigenvalue weighted by Gasteiger charge is 2.39. The highest BCUT2D eigenvalue weighted by molar-refractivity contribution is 6.12. The van der Waals surface area contributed by atoms with E-state index in [-0.39, 0.29) is 39.8 Å². The molecule has 0 aliphatic carbocycles. The lowest BCUT2D eigenvalue weighted by Gasteiger charge is -2.49. The standard InChI is InChI=1S/C24H34F2N6/c1-23(2)11-17(12-24(3,4)31-23)32(5)21(30)9-8-20(29)18-7-6-15(16(13-27)14-28)10-19(18)22(25)26/h6-10,13-14,17,22,27,29-31H,11-12,28H2,1-5H3/b9-8-,16-14+,27-13?,29-20?,30-21?. The van der Waals surface area contributed by atoms with Crippen LogP contribution in [0.2, 0.25) is 0 Å². The Kier molecular flexibility index (Phi) is 7.72. The van der Waals surface area contributed by atoms with Gasteiger partial charge in [0.15, 0.2) is 0 Å². The summed E-state index contributed by atoms with van der Waals surface area (Å²) in [6.45, 7) is 8.57. The van der Waals surface area contributed by atoms with Gasteiger partial charge in [0.1, 0.15) is 5.84 Å². The number of nitrogens with two attached hydrogens (primary N) is 1. The van der Waals surface area contributed by atoms with Crippen molar-refractivity contribution in [2.45, 2.75) is 64.1 Å². The zero-order valence-corrected chi connectivity index (χ0v) is 19.4. The van der Waals surface area contributed by atoms with Gasteiger partial charge in [0.2, 0.25) is 0 Å². The molecule has 0 radical (unpaired) electrons. The van der Waals surface area contributed by atoms with Gasteiger partial charge in [-0.25, -0.2) is 8.78 Å². The smallest absolute Gasteiger partial charge is 0.264 e. The second kappa shape index (κ2) is 9.73. The van der Waals surface area contributed by atoms with Crippen LogP contribution in [0.3, 0.4) is 0 Å². The Hall–Kier alpha value is -2.87. The molecule has 1 aromatic rings. The molecule has 1 aliphatic rings. The third kappa shape index (κ3) is 6.09. The van der Waals surface area contributed by atoms with Crippen LogP contribution in [-0.4, -0.2) is 46.8 Å². The number of halogens is 2. The number of piperidine rings is 1. The number of hydrogen-bond donors (Lipinski definition) is 5. The molecule has 0 bridgehead atoms. The van der Waals surface area contributed by atoms with Crippen molar-refractivity contribution in [2.24, 2.45) is 5.73 Å². The first-order chi connectivity index (χ1) is 14.8. The Bertz CT molecular complexity index is 930. The minimum atomic E-state index is -2.79. The summed E-state index contributed by atoms with van der Waals surface area (Å²) in [5.74, 6) is 0.223. The number of amidine groups is 1. The van der Waals surface area contributed by atoms with E-state index in [9.17, 15) is 8.78 Å². The molecule has 6 N–H and O–H groups in total. The van der Waals surface area contributed by atoms with E-state index in [0.29, 0.717) is 11.1 Å². The molecule has 174 valence electrons. The third-order valence-corrected chi connectivity index (χ3v) is 5.75. The van der Waals surface area contributed by atoms with Gasteiger partial charge in [-0.2, -0.15) is 0 Å². The van der Waals surface area contributed by atoms with Crippen LogP contribution in [0.25, 0.3) is 5.57 Å². The van der Waals surface area contributed by atoms with Gasteiger partial charge in [-0.1, -0.05) is 12.1 Å². The lowest BCUT2D eigenvalue weighted by molar-refractivity contribution is 0.114. The molecular formula is C24H34F2N6. The summed E-state index contributed by atoms with van der Waals surface area (Å²) in [7, 11) is 1.86. The number of allylic oxidation sites excluding steroid dienone is 2. The number of rotatable bonds is 7. The third-order valence-electron chi connectivity index (χ3n) is 5.75. The van der Waals surface area contributed by atoms with Gasteiger partial charge in [0, 0.05) is 53.3 Å². The van der Waals surface area contributed by atoms with E-state index in [4.69, 9.17) is 22.0 Å². The predicted octanol–water partition coefficient (Wildman–Crippen LogP) is 4.72. The van der Waals surface area contributed by atoms with Crippen molar-refractivity contribution in [3.63, 3.8) is 0 Å². The second-order valence-electron chi connectivity index (χ2n) is 9.57.